The van der Waals surface area contributed by atoms with Crippen molar-refractivity contribution in [3.05, 3.63) is 51.4 Å². The normalized spacial score (nSPS) is 10.7. The van der Waals surface area contributed by atoms with Gasteiger partial charge in [-0.05, 0) is 11.6 Å². The summed E-state index contributed by atoms with van der Waals surface area (Å²) in [7, 11) is 1.60. The number of hydrogen-bond acceptors (Lipinski definition) is 2. The van der Waals surface area contributed by atoms with E-state index < -0.39 is 5.82 Å². The molecule has 0 saturated carbocycles. The first-order valence-electron chi connectivity index (χ1n) is 4.61. The van der Waals surface area contributed by atoms with Crippen LogP contribution in [0.4, 0.5) is 4.39 Å². The molecule has 0 spiro atoms. The molecule has 0 amide bonds. The average Bonchev–Trinajstić information content (AvgIpc) is 2.57. The van der Waals surface area contributed by atoms with Gasteiger partial charge in [-0.3, -0.25) is 4.57 Å². The Labute approximate surface area is 95.9 Å². The van der Waals surface area contributed by atoms with Gasteiger partial charge >= 0.3 is 5.69 Å². The molecule has 0 atom stereocenters. The highest BCUT2D eigenvalue weighted by atomic mass is 35.5. The number of rotatable bonds is 2. The molecule has 0 bridgehead atoms. The van der Waals surface area contributed by atoms with E-state index in [1.165, 1.54) is 21.6 Å². The zero-order valence-corrected chi connectivity index (χ0v) is 9.28. The van der Waals surface area contributed by atoms with Gasteiger partial charge in [0, 0.05) is 7.05 Å². The Morgan fingerprint density at radius 1 is 1.50 bits per heavy atom. The van der Waals surface area contributed by atoms with Gasteiger partial charge in [0.15, 0.2) is 0 Å². The molecule has 0 aliphatic carbocycles. The molecule has 0 N–H and O–H groups in total. The third-order valence-corrected chi connectivity index (χ3v) is 2.66. The van der Waals surface area contributed by atoms with Crippen molar-refractivity contribution in [3.63, 3.8) is 0 Å². The lowest BCUT2D eigenvalue weighted by Gasteiger charge is -2.03. The molecule has 1 heterocycles. The predicted octanol–water partition coefficient (Wildman–Crippen LogP) is 1.42. The Kier molecular flexibility index (Phi) is 2.78. The molecule has 0 aliphatic rings. The maximum absolute atomic E-state index is 13.1. The van der Waals surface area contributed by atoms with Gasteiger partial charge in [-0.25, -0.2) is 13.9 Å². The summed E-state index contributed by atoms with van der Waals surface area (Å²) < 4.78 is 15.7. The molecule has 2 aromatic rings. The molecule has 0 unspecified atom stereocenters. The van der Waals surface area contributed by atoms with Gasteiger partial charge in [0.1, 0.15) is 12.1 Å². The Morgan fingerprint density at radius 2 is 2.25 bits per heavy atom. The fourth-order valence-corrected chi connectivity index (χ4v) is 1.55. The van der Waals surface area contributed by atoms with E-state index >= 15 is 0 Å². The SMILES string of the molecule is Cn1cnn(Cc2cccc(F)c2Cl)c1=O. The van der Waals surface area contributed by atoms with E-state index in [0.717, 1.165) is 0 Å². The molecule has 1 aromatic carbocycles. The third kappa shape index (κ3) is 1.86. The molecular formula is C10H9ClFN3O. The third-order valence-electron chi connectivity index (χ3n) is 2.24. The first-order valence-corrected chi connectivity index (χ1v) is 4.98. The van der Waals surface area contributed by atoms with Crippen LogP contribution in [-0.2, 0) is 13.6 Å². The standard InChI is InChI=1S/C10H9ClFN3O/c1-14-6-13-15(10(14)16)5-7-3-2-4-8(12)9(7)11/h2-4,6H,5H2,1H3. The molecule has 6 heteroatoms. The number of aryl methyl sites for hydroxylation is 1. The van der Waals surface area contributed by atoms with E-state index in [1.807, 2.05) is 0 Å². The van der Waals surface area contributed by atoms with Gasteiger partial charge in [-0.15, -0.1) is 0 Å². The smallest absolute Gasteiger partial charge is 0.285 e. The molecule has 1 aromatic heterocycles. The van der Waals surface area contributed by atoms with Crippen LogP contribution < -0.4 is 5.69 Å². The topological polar surface area (TPSA) is 39.8 Å². The number of aromatic nitrogens is 3. The van der Waals surface area contributed by atoms with Gasteiger partial charge in [0.25, 0.3) is 0 Å². The highest BCUT2D eigenvalue weighted by molar-refractivity contribution is 6.31. The molecule has 4 nitrogen and oxygen atoms in total. The number of benzene rings is 1. The monoisotopic (exact) mass is 241 g/mol. The van der Waals surface area contributed by atoms with Crippen molar-refractivity contribution >= 4 is 11.6 Å². The van der Waals surface area contributed by atoms with Gasteiger partial charge in [-0.1, -0.05) is 23.7 Å². The van der Waals surface area contributed by atoms with Gasteiger partial charge in [-0.2, -0.15) is 5.10 Å². The Balaban J connectivity index is 2.38. The minimum absolute atomic E-state index is 0.0278. The maximum atomic E-state index is 13.1. The lowest BCUT2D eigenvalue weighted by atomic mass is 10.2. The highest BCUT2D eigenvalue weighted by Crippen LogP contribution is 2.19. The van der Waals surface area contributed by atoms with Crippen molar-refractivity contribution in [2.75, 3.05) is 0 Å². The number of hydrogen-bond donors (Lipinski definition) is 0. The zero-order valence-electron chi connectivity index (χ0n) is 8.52. The summed E-state index contributed by atoms with van der Waals surface area (Å²) in [6.07, 6.45) is 1.40. The van der Waals surface area contributed by atoms with E-state index in [9.17, 15) is 9.18 Å². The van der Waals surface area contributed by atoms with Crippen LogP contribution >= 0.6 is 11.6 Å². The van der Waals surface area contributed by atoms with Crippen LogP contribution in [0.2, 0.25) is 5.02 Å². The number of halogens is 2. The minimum atomic E-state index is -0.497. The summed E-state index contributed by atoms with van der Waals surface area (Å²) >= 11 is 5.78. The quantitative estimate of drug-likeness (QED) is 0.798. The Hall–Kier alpha value is -1.62. The van der Waals surface area contributed by atoms with Crippen molar-refractivity contribution in [2.24, 2.45) is 7.05 Å². The fourth-order valence-electron chi connectivity index (χ4n) is 1.36. The second kappa shape index (κ2) is 4.09. The lowest BCUT2D eigenvalue weighted by Crippen LogP contribution is -2.23. The van der Waals surface area contributed by atoms with E-state index in [2.05, 4.69) is 5.10 Å². The first kappa shape index (κ1) is 10.9. The molecule has 84 valence electrons. The molecule has 0 fully saturated rings. The van der Waals surface area contributed by atoms with Gasteiger partial charge in [0.2, 0.25) is 0 Å². The van der Waals surface area contributed by atoms with Crippen molar-refractivity contribution in [3.8, 4) is 0 Å². The first-order chi connectivity index (χ1) is 7.59. The molecule has 0 radical (unpaired) electrons. The van der Waals surface area contributed by atoms with E-state index in [-0.39, 0.29) is 17.3 Å². The molecule has 2 rings (SSSR count). The summed E-state index contributed by atoms with van der Waals surface area (Å²) in [5.41, 5.74) is 0.266. The summed E-state index contributed by atoms with van der Waals surface area (Å²) in [6.45, 7) is 0.163. The van der Waals surface area contributed by atoms with Crippen LogP contribution in [0, 0.1) is 5.82 Å². The predicted molar refractivity (Wildman–Crippen MR) is 58.0 cm³/mol. The van der Waals surface area contributed by atoms with Crippen LogP contribution in [-0.4, -0.2) is 14.3 Å². The van der Waals surface area contributed by atoms with Crippen molar-refractivity contribution in [2.45, 2.75) is 6.54 Å². The summed E-state index contributed by atoms with van der Waals surface area (Å²) in [6, 6.07) is 4.48. The van der Waals surface area contributed by atoms with Crippen LogP contribution in [0.5, 0.6) is 0 Å². The van der Waals surface area contributed by atoms with Crippen LogP contribution in [0.25, 0.3) is 0 Å². The molecule has 0 aliphatic heterocycles. The van der Waals surface area contributed by atoms with Crippen molar-refractivity contribution < 1.29 is 4.39 Å². The maximum Gasteiger partial charge on any atom is 0.345 e. The number of nitrogens with zero attached hydrogens (tertiary/aromatic N) is 3. The Bertz CT molecular complexity index is 576. The minimum Gasteiger partial charge on any atom is -0.285 e. The lowest BCUT2D eigenvalue weighted by molar-refractivity contribution is 0.613. The van der Waals surface area contributed by atoms with Crippen molar-refractivity contribution in [1.82, 2.24) is 14.3 Å². The van der Waals surface area contributed by atoms with Gasteiger partial charge in [0.05, 0.1) is 11.6 Å². The summed E-state index contributed by atoms with van der Waals surface area (Å²) in [4.78, 5) is 11.5. The average molecular weight is 242 g/mol. The van der Waals surface area contributed by atoms with Gasteiger partial charge < -0.3 is 0 Å². The van der Waals surface area contributed by atoms with E-state index in [4.69, 9.17) is 11.6 Å². The Morgan fingerprint density at radius 3 is 2.88 bits per heavy atom. The molecule has 0 saturated heterocycles. The largest absolute Gasteiger partial charge is 0.345 e. The molecule has 16 heavy (non-hydrogen) atoms. The summed E-state index contributed by atoms with van der Waals surface area (Å²) in [5.74, 6) is -0.497. The summed E-state index contributed by atoms with van der Waals surface area (Å²) in [5, 5.41) is 3.90. The van der Waals surface area contributed by atoms with Crippen LogP contribution in [0.1, 0.15) is 5.56 Å². The van der Waals surface area contributed by atoms with E-state index in [1.54, 1.807) is 19.2 Å². The van der Waals surface area contributed by atoms with Crippen molar-refractivity contribution in [1.29, 1.82) is 0 Å². The second-order valence-electron chi connectivity index (χ2n) is 3.40. The zero-order chi connectivity index (χ0) is 11.7. The van der Waals surface area contributed by atoms with Crippen LogP contribution in [0.15, 0.2) is 29.3 Å². The second-order valence-corrected chi connectivity index (χ2v) is 3.77. The molecular weight excluding hydrogens is 233 g/mol. The van der Waals surface area contributed by atoms with E-state index in [0.29, 0.717) is 5.56 Å². The van der Waals surface area contributed by atoms with Crippen LogP contribution in [0.3, 0.4) is 0 Å². The highest BCUT2D eigenvalue weighted by Gasteiger charge is 2.08. The fraction of sp³-hybridized carbons (Fsp3) is 0.200.